The van der Waals surface area contributed by atoms with Gasteiger partial charge in [0.15, 0.2) is 15.8 Å². The average Bonchev–Trinajstić information content (AvgIpc) is 3.08. The molecule has 1 saturated heterocycles. The number of hydrogen-bond acceptors (Lipinski definition) is 7. The van der Waals surface area contributed by atoms with Crippen molar-refractivity contribution in [3.05, 3.63) is 88.8 Å². The van der Waals surface area contributed by atoms with Gasteiger partial charge in [-0.05, 0) is 54.5 Å². The summed E-state index contributed by atoms with van der Waals surface area (Å²) in [4.78, 5) is 15.1. The van der Waals surface area contributed by atoms with E-state index in [0.29, 0.717) is 14.8 Å². The van der Waals surface area contributed by atoms with E-state index in [4.69, 9.17) is 21.1 Å². The summed E-state index contributed by atoms with van der Waals surface area (Å²) in [5, 5.41) is 0. The topological polar surface area (TPSA) is 72.9 Å². The lowest BCUT2D eigenvalue weighted by atomic mass is 10.1. The SMILES string of the molecule is COc1cc(/C=C2\SC(=S)N(c3ccccc3C)C2=O)ccc1OS(=O)(=O)c1ccccc1. The van der Waals surface area contributed by atoms with Crippen molar-refractivity contribution in [2.24, 2.45) is 0 Å². The van der Waals surface area contributed by atoms with Gasteiger partial charge < -0.3 is 8.92 Å². The molecular formula is C24H19NO5S3. The minimum Gasteiger partial charge on any atom is -0.493 e. The van der Waals surface area contributed by atoms with Crippen molar-refractivity contribution in [2.45, 2.75) is 11.8 Å². The number of carbonyl (C=O) groups excluding carboxylic acids is 1. The summed E-state index contributed by atoms with van der Waals surface area (Å²) >= 11 is 6.65. The van der Waals surface area contributed by atoms with Crippen LogP contribution in [0.3, 0.4) is 0 Å². The largest absolute Gasteiger partial charge is 0.493 e. The van der Waals surface area contributed by atoms with Gasteiger partial charge in [0.05, 0.1) is 17.7 Å². The van der Waals surface area contributed by atoms with Crippen molar-refractivity contribution >= 4 is 56.1 Å². The minimum atomic E-state index is -4.02. The zero-order chi connectivity index (χ0) is 23.6. The van der Waals surface area contributed by atoms with E-state index in [-0.39, 0.29) is 22.3 Å². The first-order chi connectivity index (χ1) is 15.8. The first kappa shape index (κ1) is 23.0. The summed E-state index contributed by atoms with van der Waals surface area (Å²) < 4.78 is 36.2. The molecule has 0 saturated carbocycles. The number of methoxy groups -OCH3 is 1. The summed E-state index contributed by atoms with van der Waals surface area (Å²) in [6.07, 6.45) is 1.69. The Morgan fingerprint density at radius 2 is 1.67 bits per heavy atom. The van der Waals surface area contributed by atoms with E-state index in [2.05, 4.69) is 0 Å². The van der Waals surface area contributed by atoms with E-state index >= 15 is 0 Å². The maximum absolute atomic E-state index is 13.1. The van der Waals surface area contributed by atoms with Crippen molar-refractivity contribution in [1.82, 2.24) is 0 Å². The highest BCUT2D eigenvalue weighted by Gasteiger charge is 2.34. The Balaban J connectivity index is 1.61. The predicted octanol–water partition coefficient (Wildman–Crippen LogP) is 5.18. The lowest BCUT2D eigenvalue weighted by molar-refractivity contribution is -0.113. The van der Waals surface area contributed by atoms with Crippen LogP contribution in [0.1, 0.15) is 11.1 Å². The van der Waals surface area contributed by atoms with Crippen molar-refractivity contribution in [2.75, 3.05) is 12.0 Å². The second kappa shape index (κ2) is 9.38. The van der Waals surface area contributed by atoms with E-state index in [0.717, 1.165) is 11.3 Å². The Hall–Kier alpha value is -3.14. The number of nitrogens with zero attached hydrogens (tertiary/aromatic N) is 1. The van der Waals surface area contributed by atoms with Gasteiger partial charge in [-0.3, -0.25) is 9.69 Å². The lowest BCUT2D eigenvalue weighted by Crippen LogP contribution is -2.28. The molecule has 0 bridgehead atoms. The van der Waals surface area contributed by atoms with Crippen LogP contribution in [0.2, 0.25) is 0 Å². The first-order valence-corrected chi connectivity index (χ1v) is 12.4. The number of ether oxygens (including phenoxy) is 1. The van der Waals surface area contributed by atoms with E-state index in [1.54, 1.807) is 36.4 Å². The van der Waals surface area contributed by atoms with Gasteiger partial charge in [-0.15, -0.1) is 0 Å². The number of carbonyl (C=O) groups is 1. The Labute approximate surface area is 202 Å². The summed E-state index contributed by atoms with van der Waals surface area (Å²) in [6.45, 7) is 1.92. The fourth-order valence-electron chi connectivity index (χ4n) is 3.24. The number of anilines is 1. The van der Waals surface area contributed by atoms with Gasteiger partial charge in [0.2, 0.25) is 0 Å². The first-order valence-electron chi connectivity index (χ1n) is 9.81. The number of rotatable bonds is 6. The Kier molecular flexibility index (Phi) is 6.55. The van der Waals surface area contributed by atoms with Crippen LogP contribution in [-0.2, 0) is 14.9 Å². The van der Waals surface area contributed by atoms with Gasteiger partial charge in [-0.1, -0.05) is 66.4 Å². The zero-order valence-corrected chi connectivity index (χ0v) is 20.2. The summed E-state index contributed by atoms with van der Waals surface area (Å²) in [5.74, 6) is 0.0499. The normalized spacial score (nSPS) is 15.2. The Morgan fingerprint density at radius 1 is 0.970 bits per heavy atom. The van der Waals surface area contributed by atoms with Crippen LogP contribution >= 0.6 is 24.0 Å². The number of thioether (sulfide) groups is 1. The van der Waals surface area contributed by atoms with E-state index < -0.39 is 10.1 Å². The highest BCUT2D eigenvalue weighted by Crippen LogP contribution is 2.38. The highest BCUT2D eigenvalue weighted by atomic mass is 32.2. The molecular weight excluding hydrogens is 478 g/mol. The molecule has 0 radical (unpaired) electrons. The summed E-state index contributed by atoms with van der Waals surface area (Å²) in [6, 6.07) is 20.1. The van der Waals surface area contributed by atoms with E-state index in [1.807, 2.05) is 31.2 Å². The minimum absolute atomic E-state index is 0.0380. The molecule has 1 fully saturated rings. The molecule has 3 aromatic carbocycles. The third-order valence-electron chi connectivity index (χ3n) is 4.87. The number of thiocarbonyl (C=S) groups is 1. The van der Waals surface area contributed by atoms with Crippen LogP contribution in [0.5, 0.6) is 11.5 Å². The van der Waals surface area contributed by atoms with Crippen molar-refractivity contribution in [3.8, 4) is 11.5 Å². The van der Waals surface area contributed by atoms with Crippen LogP contribution in [0.15, 0.2) is 82.6 Å². The number of aryl methyl sites for hydroxylation is 1. The second-order valence-corrected chi connectivity index (χ2v) is 10.3. The number of hydrogen-bond donors (Lipinski definition) is 0. The molecule has 0 aromatic heterocycles. The molecule has 1 amide bonds. The maximum atomic E-state index is 13.1. The van der Waals surface area contributed by atoms with E-state index in [1.165, 1.54) is 42.0 Å². The van der Waals surface area contributed by atoms with Gasteiger partial charge in [-0.2, -0.15) is 8.42 Å². The predicted molar refractivity (Wildman–Crippen MR) is 134 cm³/mol. The molecule has 0 atom stereocenters. The molecule has 1 aliphatic rings. The smallest absolute Gasteiger partial charge is 0.339 e. The van der Waals surface area contributed by atoms with Crippen molar-refractivity contribution in [1.29, 1.82) is 0 Å². The van der Waals surface area contributed by atoms with E-state index in [9.17, 15) is 13.2 Å². The standard InChI is InChI=1S/C24H19NO5S3/c1-16-8-6-7-11-19(16)25-23(26)22(32-24(25)31)15-17-12-13-20(21(14-17)29-2)30-33(27,28)18-9-4-3-5-10-18/h3-15H,1-2H3/b22-15-. The van der Waals surface area contributed by atoms with Crippen LogP contribution in [0, 0.1) is 6.92 Å². The average molecular weight is 498 g/mol. The summed E-state index contributed by atoms with van der Waals surface area (Å²) in [5.41, 5.74) is 2.33. The maximum Gasteiger partial charge on any atom is 0.339 e. The molecule has 9 heteroatoms. The van der Waals surface area contributed by atoms with Crippen LogP contribution in [-0.4, -0.2) is 25.8 Å². The number of benzene rings is 3. The molecule has 0 unspecified atom stereocenters. The van der Waals surface area contributed by atoms with Gasteiger partial charge in [0, 0.05) is 0 Å². The van der Waals surface area contributed by atoms with Crippen LogP contribution in [0.4, 0.5) is 5.69 Å². The molecule has 6 nitrogen and oxygen atoms in total. The lowest BCUT2D eigenvalue weighted by Gasteiger charge is -2.16. The third-order valence-corrected chi connectivity index (χ3v) is 7.42. The van der Waals surface area contributed by atoms with Crippen LogP contribution in [0.25, 0.3) is 6.08 Å². The molecule has 4 rings (SSSR count). The van der Waals surface area contributed by atoms with Crippen molar-refractivity contribution in [3.63, 3.8) is 0 Å². The molecule has 168 valence electrons. The van der Waals surface area contributed by atoms with Gasteiger partial charge in [0.25, 0.3) is 5.91 Å². The van der Waals surface area contributed by atoms with Crippen LogP contribution < -0.4 is 13.8 Å². The monoisotopic (exact) mass is 497 g/mol. The van der Waals surface area contributed by atoms with Crippen molar-refractivity contribution < 1.29 is 22.1 Å². The summed E-state index contributed by atoms with van der Waals surface area (Å²) in [7, 11) is -2.60. The Bertz CT molecular complexity index is 1370. The quantitative estimate of drug-likeness (QED) is 0.264. The molecule has 3 aromatic rings. The fraction of sp³-hybridized carbons (Fsp3) is 0.0833. The second-order valence-electron chi connectivity index (χ2n) is 7.06. The van der Waals surface area contributed by atoms with Gasteiger partial charge >= 0.3 is 10.1 Å². The van der Waals surface area contributed by atoms with Gasteiger partial charge in [0.1, 0.15) is 4.90 Å². The fourth-order valence-corrected chi connectivity index (χ4v) is 5.48. The molecule has 0 N–H and O–H groups in total. The molecule has 1 aliphatic heterocycles. The van der Waals surface area contributed by atoms with Gasteiger partial charge in [-0.25, -0.2) is 0 Å². The highest BCUT2D eigenvalue weighted by molar-refractivity contribution is 8.27. The number of para-hydroxylation sites is 1. The number of amides is 1. The molecule has 33 heavy (non-hydrogen) atoms. The Morgan fingerprint density at radius 3 is 2.36 bits per heavy atom. The molecule has 0 spiro atoms. The molecule has 1 heterocycles. The third kappa shape index (κ3) is 4.80. The zero-order valence-electron chi connectivity index (χ0n) is 17.7. The molecule has 0 aliphatic carbocycles.